The summed E-state index contributed by atoms with van der Waals surface area (Å²) in [7, 11) is 0. The molecule has 0 aliphatic heterocycles. The zero-order valence-corrected chi connectivity index (χ0v) is 32.5. The molecular formula is C46H60O6. The smallest absolute Gasteiger partial charge is 0.312 e. The van der Waals surface area contributed by atoms with Gasteiger partial charge in [-0.15, -0.1) is 0 Å². The zero-order chi connectivity index (χ0) is 37.3. The van der Waals surface area contributed by atoms with Crippen LogP contribution in [0.1, 0.15) is 123 Å². The van der Waals surface area contributed by atoms with Gasteiger partial charge in [0, 0.05) is 12.5 Å². The van der Waals surface area contributed by atoms with E-state index in [1.807, 2.05) is 80.6 Å². The van der Waals surface area contributed by atoms with Gasteiger partial charge in [0.1, 0.15) is 0 Å². The molecule has 2 aromatic carbocycles. The van der Waals surface area contributed by atoms with Crippen molar-refractivity contribution in [3.05, 3.63) is 83.4 Å². The highest BCUT2D eigenvalue weighted by Gasteiger charge is 2.75. The number of rotatable bonds is 8. The van der Waals surface area contributed by atoms with Gasteiger partial charge in [0.15, 0.2) is 11.9 Å². The van der Waals surface area contributed by atoms with Crippen LogP contribution in [0.2, 0.25) is 0 Å². The van der Waals surface area contributed by atoms with Gasteiger partial charge in [-0.1, -0.05) is 114 Å². The second-order valence-corrected chi connectivity index (χ2v) is 18.6. The molecule has 5 aliphatic rings. The van der Waals surface area contributed by atoms with Gasteiger partial charge in [-0.25, -0.2) is 0 Å². The molecule has 0 heterocycles. The molecule has 11 atom stereocenters. The molecule has 7 rings (SSSR count). The molecule has 6 nitrogen and oxygen atoms in total. The summed E-state index contributed by atoms with van der Waals surface area (Å²) in [5, 5.41) is 11.1. The SMILES string of the molecule is CCCOC1CC(C(=O)OC(c2ccccc2)c2ccccc2)C2(C)C(CCC3(C)C2C(=O)C=C2C4CC(C)CCC4(C)CCC23C)C1(C)C(=O)O. The van der Waals surface area contributed by atoms with E-state index in [4.69, 9.17) is 9.47 Å². The van der Waals surface area contributed by atoms with E-state index in [0.717, 1.165) is 43.2 Å². The molecule has 0 amide bonds. The largest absolute Gasteiger partial charge is 0.481 e. The minimum atomic E-state index is -1.28. The van der Waals surface area contributed by atoms with Crippen LogP contribution in [0.15, 0.2) is 72.3 Å². The van der Waals surface area contributed by atoms with Crippen LogP contribution >= 0.6 is 0 Å². The van der Waals surface area contributed by atoms with Crippen molar-refractivity contribution in [2.45, 2.75) is 118 Å². The van der Waals surface area contributed by atoms with Crippen LogP contribution in [-0.2, 0) is 23.9 Å². The van der Waals surface area contributed by atoms with Gasteiger partial charge >= 0.3 is 11.9 Å². The number of carbonyl (C=O) groups is 3. The molecule has 4 fully saturated rings. The molecule has 4 saturated carbocycles. The summed E-state index contributed by atoms with van der Waals surface area (Å²) in [5.41, 5.74) is 0.294. The van der Waals surface area contributed by atoms with Crippen LogP contribution in [0.3, 0.4) is 0 Å². The Morgan fingerprint density at radius 1 is 0.865 bits per heavy atom. The van der Waals surface area contributed by atoms with E-state index in [9.17, 15) is 9.90 Å². The topological polar surface area (TPSA) is 89.9 Å². The van der Waals surface area contributed by atoms with Gasteiger partial charge in [-0.2, -0.15) is 0 Å². The lowest BCUT2D eigenvalue weighted by atomic mass is 9.32. The van der Waals surface area contributed by atoms with Gasteiger partial charge in [0.2, 0.25) is 0 Å². The Morgan fingerprint density at radius 3 is 2.10 bits per heavy atom. The molecule has 0 spiro atoms. The summed E-state index contributed by atoms with van der Waals surface area (Å²) in [5.74, 6) is -1.98. The zero-order valence-electron chi connectivity index (χ0n) is 32.5. The first kappa shape index (κ1) is 37.1. The summed E-state index contributed by atoms with van der Waals surface area (Å²) in [6.07, 6.45) is 8.58. The molecule has 0 saturated heterocycles. The number of hydrogen-bond donors (Lipinski definition) is 1. The summed E-state index contributed by atoms with van der Waals surface area (Å²) in [6.45, 7) is 15.8. The van der Waals surface area contributed by atoms with Crippen molar-refractivity contribution in [1.29, 1.82) is 0 Å². The quantitative estimate of drug-likeness (QED) is 0.275. The van der Waals surface area contributed by atoms with Gasteiger partial charge in [0.25, 0.3) is 0 Å². The average Bonchev–Trinajstić information content (AvgIpc) is 3.12. The van der Waals surface area contributed by atoms with Crippen LogP contribution in [0, 0.1) is 56.7 Å². The second-order valence-electron chi connectivity index (χ2n) is 18.6. The van der Waals surface area contributed by atoms with Crippen LogP contribution in [0.4, 0.5) is 0 Å². The van der Waals surface area contributed by atoms with Gasteiger partial charge in [0.05, 0.1) is 17.4 Å². The maximum absolute atomic E-state index is 15.2. The fraction of sp³-hybridized carbons (Fsp3) is 0.630. The normalized spacial score (nSPS) is 41.2. The van der Waals surface area contributed by atoms with Gasteiger partial charge in [-0.05, 0) is 115 Å². The highest BCUT2D eigenvalue weighted by Crippen LogP contribution is 2.75. The fourth-order valence-electron chi connectivity index (χ4n) is 12.8. The van der Waals surface area contributed by atoms with E-state index >= 15 is 9.59 Å². The van der Waals surface area contributed by atoms with Crippen LogP contribution in [-0.4, -0.2) is 35.5 Å². The number of hydrogen-bond acceptors (Lipinski definition) is 5. The van der Waals surface area contributed by atoms with E-state index < -0.39 is 52.2 Å². The van der Waals surface area contributed by atoms with Crippen molar-refractivity contribution in [2.75, 3.05) is 6.61 Å². The predicted molar refractivity (Wildman–Crippen MR) is 202 cm³/mol. The first-order valence-electron chi connectivity index (χ1n) is 20.1. The second kappa shape index (κ2) is 13.2. The monoisotopic (exact) mass is 708 g/mol. The van der Waals surface area contributed by atoms with E-state index in [1.54, 1.807) is 0 Å². The predicted octanol–water partition coefficient (Wildman–Crippen LogP) is 10.0. The minimum Gasteiger partial charge on any atom is -0.481 e. The van der Waals surface area contributed by atoms with Gasteiger partial charge < -0.3 is 14.6 Å². The van der Waals surface area contributed by atoms with Crippen molar-refractivity contribution < 1.29 is 29.0 Å². The Kier molecular flexibility index (Phi) is 9.45. The molecular weight excluding hydrogens is 649 g/mol. The third-order valence-corrected chi connectivity index (χ3v) is 16.0. The van der Waals surface area contributed by atoms with Crippen molar-refractivity contribution in [3.8, 4) is 0 Å². The summed E-state index contributed by atoms with van der Waals surface area (Å²) in [4.78, 5) is 44.0. The Balaban J connectivity index is 1.37. The van der Waals surface area contributed by atoms with Crippen molar-refractivity contribution >= 4 is 17.7 Å². The Bertz CT molecular complexity index is 1680. The maximum Gasteiger partial charge on any atom is 0.312 e. The maximum atomic E-state index is 15.2. The first-order chi connectivity index (χ1) is 24.6. The molecule has 6 heteroatoms. The Labute approximate surface area is 311 Å². The third-order valence-electron chi connectivity index (χ3n) is 16.0. The van der Waals surface area contributed by atoms with Crippen LogP contribution in [0.25, 0.3) is 0 Å². The molecule has 52 heavy (non-hydrogen) atoms. The molecule has 0 bridgehead atoms. The number of carboxylic acid groups (broad SMARTS) is 1. The standard InChI is InChI=1S/C46H60O6/c1-8-25-51-37-28-34(40(48)52-38(30-15-11-9-12-16-30)31-17-13-10-14-18-31)45(6)36(46(37,7)41(49)50)20-22-44(5)39(45)35(47)27-33-32-26-29(2)19-21-42(32,3)23-24-43(33,44)4/h9-18,27,29,32,34,36-39H,8,19-26,28H2,1-7H3,(H,49,50). The van der Waals surface area contributed by atoms with E-state index in [0.29, 0.717) is 24.9 Å². The number of benzene rings is 2. The number of esters is 1. The lowest BCUT2D eigenvalue weighted by Crippen LogP contribution is -2.71. The minimum absolute atomic E-state index is 0.0748. The number of carbonyl (C=O) groups excluding carboxylic acids is 2. The van der Waals surface area contributed by atoms with Gasteiger partial charge in [-0.3, -0.25) is 14.4 Å². The molecule has 280 valence electrons. The third kappa shape index (κ3) is 5.39. The number of ether oxygens (including phenoxy) is 2. The van der Waals surface area contributed by atoms with E-state index in [1.165, 1.54) is 18.4 Å². The van der Waals surface area contributed by atoms with E-state index in [-0.39, 0.29) is 29.0 Å². The summed E-state index contributed by atoms with van der Waals surface area (Å²) < 4.78 is 13.1. The summed E-state index contributed by atoms with van der Waals surface area (Å²) in [6, 6.07) is 19.6. The number of carboxylic acids is 1. The van der Waals surface area contributed by atoms with Crippen LogP contribution < -0.4 is 0 Å². The van der Waals surface area contributed by atoms with Crippen LogP contribution in [0.5, 0.6) is 0 Å². The molecule has 0 radical (unpaired) electrons. The molecule has 2 aromatic rings. The first-order valence-corrected chi connectivity index (χ1v) is 20.1. The average molecular weight is 709 g/mol. The number of ketones is 1. The van der Waals surface area contributed by atoms with Crippen molar-refractivity contribution in [1.82, 2.24) is 0 Å². The van der Waals surface area contributed by atoms with Crippen molar-refractivity contribution in [3.63, 3.8) is 0 Å². The lowest BCUT2D eigenvalue weighted by molar-refractivity contribution is -0.241. The van der Waals surface area contributed by atoms with Crippen molar-refractivity contribution in [2.24, 2.45) is 56.7 Å². The lowest BCUT2D eigenvalue weighted by Gasteiger charge is -2.71. The Morgan fingerprint density at radius 2 is 1.50 bits per heavy atom. The number of aliphatic carboxylic acids is 1. The molecule has 5 aliphatic carbocycles. The fourth-order valence-corrected chi connectivity index (χ4v) is 12.8. The number of fused-ring (bicyclic) bond motifs is 7. The molecule has 1 N–H and O–H groups in total. The highest BCUT2D eigenvalue weighted by atomic mass is 16.5. The molecule has 0 aromatic heterocycles. The number of allylic oxidation sites excluding steroid dienone is 2. The summed E-state index contributed by atoms with van der Waals surface area (Å²) >= 11 is 0. The molecule has 11 unspecified atom stereocenters. The Hall–Kier alpha value is -3.25. The van der Waals surface area contributed by atoms with E-state index in [2.05, 4.69) is 34.6 Å². The highest BCUT2D eigenvalue weighted by molar-refractivity contribution is 5.96.